The highest BCUT2D eigenvalue weighted by atomic mass is 16.5. The van der Waals surface area contributed by atoms with Crippen LogP contribution in [0.5, 0.6) is 0 Å². The van der Waals surface area contributed by atoms with Gasteiger partial charge < -0.3 is 19.9 Å². The normalized spacial score (nSPS) is 23.6. The molecule has 2 saturated heterocycles. The highest BCUT2D eigenvalue weighted by Crippen LogP contribution is 2.22. The molecule has 1 aromatic rings. The molecule has 1 aromatic carbocycles. The van der Waals surface area contributed by atoms with Gasteiger partial charge in [0.2, 0.25) is 5.91 Å². The second-order valence-corrected chi connectivity index (χ2v) is 6.33. The Kier molecular flexibility index (Phi) is 5.51. The predicted molar refractivity (Wildman–Crippen MR) is 91.7 cm³/mol. The second kappa shape index (κ2) is 7.99. The second-order valence-electron chi connectivity index (χ2n) is 6.33. The van der Waals surface area contributed by atoms with Gasteiger partial charge in [-0.3, -0.25) is 4.79 Å². The number of anilines is 1. The number of benzene rings is 1. The van der Waals surface area contributed by atoms with E-state index in [1.807, 2.05) is 30.3 Å². The Hall–Kier alpha value is -2.59. The number of urea groups is 1. The Morgan fingerprint density at radius 1 is 1.24 bits per heavy atom. The van der Waals surface area contributed by atoms with Gasteiger partial charge in [-0.1, -0.05) is 18.2 Å². The van der Waals surface area contributed by atoms with Gasteiger partial charge in [0.05, 0.1) is 25.2 Å². The zero-order chi connectivity index (χ0) is 17.6. The average molecular weight is 342 g/mol. The molecule has 2 heterocycles. The van der Waals surface area contributed by atoms with E-state index in [4.69, 9.17) is 4.74 Å². The van der Waals surface area contributed by atoms with E-state index >= 15 is 0 Å². The number of carbonyl (C=O) groups is 2. The molecule has 2 aliphatic rings. The molecule has 2 atom stereocenters. The SMILES string of the molecule is N#CC1COCCN1C(=O)C1CCCN(C(=O)Nc2ccccc2)C1. The van der Waals surface area contributed by atoms with E-state index in [1.165, 1.54) is 0 Å². The molecule has 132 valence electrons. The molecule has 1 N–H and O–H groups in total. The number of nitrogens with one attached hydrogen (secondary N) is 1. The number of morpholine rings is 1. The van der Waals surface area contributed by atoms with Crippen LogP contribution in [0, 0.1) is 17.2 Å². The standard InChI is InChI=1S/C18H22N4O3/c19-11-16-13-25-10-9-22(16)17(23)14-5-4-8-21(12-14)18(24)20-15-6-2-1-3-7-15/h1-3,6-7,14,16H,4-5,8-10,12-13H2,(H,20,24). The fourth-order valence-corrected chi connectivity index (χ4v) is 3.30. The maximum Gasteiger partial charge on any atom is 0.321 e. The van der Waals surface area contributed by atoms with Crippen molar-refractivity contribution in [1.29, 1.82) is 5.26 Å². The number of likely N-dealkylation sites (tertiary alicyclic amines) is 1. The number of nitriles is 1. The van der Waals surface area contributed by atoms with Crippen LogP contribution in [0.25, 0.3) is 0 Å². The molecule has 0 aliphatic carbocycles. The van der Waals surface area contributed by atoms with Gasteiger partial charge in [-0.15, -0.1) is 0 Å². The molecule has 0 radical (unpaired) electrons. The van der Waals surface area contributed by atoms with Crippen molar-refractivity contribution >= 4 is 17.6 Å². The smallest absolute Gasteiger partial charge is 0.321 e. The van der Waals surface area contributed by atoms with Gasteiger partial charge in [0.25, 0.3) is 0 Å². The highest BCUT2D eigenvalue weighted by Gasteiger charge is 2.35. The maximum absolute atomic E-state index is 12.8. The van der Waals surface area contributed by atoms with Crippen LogP contribution in [0.1, 0.15) is 12.8 Å². The quantitative estimate of drug-likeness (QED) is 0.886. The highest BCUT2D eigenvalue weighted by molar-refractivity contribution is 5.90. The van der Waals surface area contributed by atoms with Crippen molar-refractivity contribution in [3.05, 3.63) is 30.3 Å². The lowest BCUT2D eigenvalue weighted by Gasteiger charge is -2.37. The molecular formula is C18H22N4O3. The molecule has 0 saturated carbocycles. The molecule has 0 spiro atoms. The van der Waals surface area contributed by atoms with Crippen LogP contribution >= 0.6 is 0 Å². The first-order valence-electron chi connectivity index (χ1n) is 8.58. The van der Waals surface area contributed by atoms with Gasteiger partial charge in [0.15, 0.2) is 0 Å². The van der Waals surface area contributed by atoms with Crippen molar-refractivity contribution < 1.29 is 14.3 Å². The summed E-state index contributed by atoms with van der Waals surface area (Å²) in [5.41, 5.74) is 0.735. The number of carbonyl (C=O) groups excluding carboxylic acids is 2. The zero-order valence-corrected chi connectivity index (χ0v) is 14.1. The third kappa shape index (κ3) is 4.09. The van der Waals surface area contributed by atoms with E-state index in [0.29, 0.717) is 26.2 Å². The summed E-state index contributed by atoms with van der Waals surface area (Å²) in [6.45, 7) is 2.16. The molecule has 2 unspecified atom stereocenters. The van der Waals surface area contributed by atoms with Crippen molar-refractivity contribution in [2.75, 3.05) is 38.2 Å². The van der Waals surface area contributed by atoms with Gasteiger partial charge >= 0.3 is 6.03 Å². The minimum absolute atomic E-state index is 0.0490. The van der Waals surface area contributed by atoms with E-state index in [0.717, 1.165) is 18.5 Å². The summed E-state index contributed by atoms with van der Waals surface area (Å²) in [7, 11) is 0. The third-order valence-electron chi connectivity index (χ3n) is 4.64. The predicted octanol–water partition coefficient (Wildman–Crippen LogP) is 1.68. The van der Waals surface area contributed by atoms with Gasteiger partial charge in [0, 0.05) is 25.3 Å². The Morgan fingerprint density at radius 3 is 2.80 bits per heavy atom. The minimum Gasteiger partial charge on any atom is -0.376 e. The molecule has 7 heteroatoms. The Bertz CT molecular complexity index is 658. The van der Waals surface area contributed by atoms with E-state index in [9.17, 15) is 14.9 Å². The van der Waals surface area contributed by atoms with Gasteiger partial charge in [-0.05, 0) is 25.0 Å². The molecular weight excluding hydrogens is 320 g/mol. The molecule has 2 fully saturated rings. The number of piperidine rings is 1. The maximum atomic E-state index is 12.8. The van der Waals surface area contributed by atoms with Crippen molar-refractivity contribution in [1.82, 2.24) is 9.80 Å². The summed E-state index contributed by atoms with van der Waals surface area (Å²) in [6, 6.07) is 10.7. The van der Waals surface area contributed by atoms with Gasteiger partial charge in [0.1, 0.15) is 6.04 Å². The first-order valence-corrected chi connectivity index (χ1v) is 8.58. The van der Waals surface area contributed by atoms with Crippen molar-refractivity contribution in [2.45, 2.75) is 18.9 Å². The van der Waals surface area contributed by atoms with Crippen molar-refractivity contribution in [3.8, 4) is 6.07 Å². The lowest BCUT2D eigenvalue weighted by molar-refractivity contribution is -0.143. The number of hydrogen-bond donors (Lipinski definition) is 1. The van der Waals surface area contributed by atoms with Crippen LogP contribution in [0.3, 0.4) is 0 Å². The lowest BCUT2D eigenvalue weighted by Crippen LogP contribution is -2.53. The average Bonchev–Trinajstić information content (AvgIpc) is 2.68. The zero-order valence-electron chi connectivity index (χ0n) is 14.1. The number of para-hydroxylation sites is 1. The summed E-state index contributed by atoms with van der Waals surface area (Å²) >= 11 is 0. The largest absolute Gasteiger partial charge is 0.376 e. The van der Waals surface area contributed by atoms with E-state index in [1.54, 1.807) is 9.80 Å². The molecule has 3 amide bonds. The topological polar surface area (TPSA) is 85.7 Å². The summed E-state index contributed by atoms with van der Waals surface area (Å²) < 4.78 is 5.28. The minimum atomic E-state index is -0.533. The fourth-order valence-electron chi connectivity index (χ4n) is 3.30. The summed E-state index contributed by atoms with van der Waals surface area (Å²) in [5.74, 6) is -0.309. The molecule has 3 rings (SSSR count). The van der Waals surface area contributed by atoms with Gasteiger partial charge in [-0.2, -0.15) is 5.26 Å². The van der Waals surface area contributed by atoms with E-state index < -0.39 is 6.04 Å². The van der Waals surface area contributed by atoms with E-state index in [2.05, 4.69) is 11.4 Å². The lowest BCUT2D eigenvalue weighted by atomic mass is 9.96. The van der Waals surface area contributed by atoms with E-state index in [-0.39, 0.29) is 24.5 Å². The van der Waals surface area contributed by atoms with Crippen LogP contribution in [-0.2, 0) is 9.53 Å². The third-order valence-corrected chi connectivity index (χ3v) is 4.64. The first kappa shape index (κ1) is 17.2. The number of nitrogens with zero attached hydrogens (tertiary/aromatic N) is 3. The monoisotopic (exact) mass is 342 g/mol. The fraction of sp³-hybridized carbons (Fsp3) is 0.500. The first-order chi connectivity index (χ1) is 12.2. The van der Waals surface area contributed by atoms with Crippen LogP contribution in [0.15, 0.2) is 30.3 Å². The van der Waals surface area contributed by atoms with Gasteiger partial charge in [-0.25, -0.2) is 4.79 Å². The van der Waals surface area contributed by atoms with Crippen LogP contribution in [0.2, 0.25) is 0 Å². The molecule has 0 aromatic heterocycles. The molecule has 2 aliphatic heterocycles. The number of rotatable bonds is 2. The molecule has 0 bridgehead atoms. The van der Waals surface area contributed by atoms with Crippen molar-refractivity contribution in [2.24, 2.45) is 5.92 Å². The van der Waals surface area contributed by atoms with Crippen LogP contribution in [0.4, 0.5) is 10.5 Å². The van der Waals surface area contributed by atoms with Crippen LogP contribution < -0.4 is 5.32 Å². The number of hydrogen-bond acceptors (Lipinski definition) is 4. The molecule has 25 heavy (non-hydrogen) atoms. The summed E-state index contributed by atoms with van der Waals surface area (Å²) in [6.07, 6.45) is 1.52. The Labute approximate surface area is 147 Å². The summed E-state index contributed by atoms with van der Waals surface area (Å²) in [4.78, 5) is 28.5. The Morgan fingerprint density at radius 2 is 2.04 bits per heavy atom. The number of amides is 3. The van der Waals surface area contributed by atoms with Crippen molar-refractivity contribution in [3.63, 3.8) is 0 Å². The van der Waals surface area contributed by atoms with Crippen LogP contribution in [-0.4, -0.2) is 60.6 Å². The number of ether oxygens (including phenoxy) is 1. The Balaban J connectivity index is 1.61. The summed E-state index contributed by atoms with van der Waals surface area (Å²) in [5, 5.41) is 12.1. The molecule has 7 nitrogen and oxygen atoms in total.